The van der Waals surface area contributed by atoms with Crippen LogP contribution in [0.1, 0.15) is 12.0 Å². The van der Waals surface area contributed by atoms with E-state index in [2.05, 4.69) is 21.2 Å². The van der Waals surface area contributed by atoms with E-state index in [-0.39, 0.29) is 18.9 Å². The third kappa shape index (κ3) is 4.19. The molecule has 0 saturated heterocycles. The monoisotopic (exact) mass is 438 g/mol. The van der Waals surface area contributed by atoms with E-state index in [1.54, 1.807) is 24.3 Å². The third-order valence-corrected chi connectivity index (χ3v) is 5.76. The van der Waals surface area contributed by atoms with E-state index in [1.165, 1.54) is 4.31 Å². The highest BCUT2D eigenvalue weighted by Crippen LogP contribution is 2.35. The molecule has 1 atom stereocenters. The summed E-state index contributed by atoms with van der Waals surface area (Å²) in [5, 5.41) is 2.81. The van der Waals surface area contributed by atoms with Crippen LogP contribution in [-0.2, 0) is 14.8 Å². The summed E-state index contributed by atoms with van der Waals surface area (Å²) in [7, 11) is -3.48. The number of amides is 1. The van der Waals surface area contributed by atoms with Gasteiger partial charge in [-0.25, -0.2) is 8.42 Å². The molecule has 0 spiro atoms. The minimum Gasteiger partial charge on any atom is -0.478 e. The molecule has 0 saturated carbocycles. The van der Waals surface area contributed by atoms with E-state index < -0.39 is 16.1 Å². The number of sulfonamides is 1. The van der Waals surface area contributed by atoms with Gasteiger partial charge in [-0.2, -0.15) is 0 Å². The minimum absolute atomic E-state index is 0.174. The van der Waals surface area contributed by atoms with E-state index in [4.69, 9.17) is 4.74 Å². The standard InChI is InChI=1S/C18H19BrN2O4S/c1-12-3-8-16-15(11-12)21(26(2,23)24)10-9-17(25-16)18(22)20-14-6-4-13(19)5-7-14/h3-8,11,17H,9-10H2,1-2H3,(H,20,22)/t17-/m0/s1. The van der Waals surface area contributed by atoms with Crippen molar-refractivity contribution in [3.63, 3.8) is 0 Å². The number of carbonyl (C=O) groups excluding carboxylic acids is 1. The van der Waals surface area contributed by atoms with Crippen molar-refractivity contribution in [2.24, 2.45) is 0 Å². The second-order valence-electron chi connectivity index (χ2n) is 6.20. The van der Waals surface area contributed by atoms with Crippen LogP contribution < -0.4 is 14.4 Å². The Morgan fingerprint density at radius 1 is 1.23 bits per heavy atom. The second kappa shape index (κ2) is 7.28. The molecule has 0 bridgehead atoms. The fourth-order valence-corrected chi connectivity index (χ4v) is 3.98. The number of hydrogen-bond donors (Lipinski definition) is 1. The second-order valence-corrected chi connectivity index (χ2v) is 9.02. The van der Waals surface area contributed by atoms with E-state index in [0.717, 1.165) is 16.3 Å². The molecule has 1 heterocycles. The lowest BCUT2D eigenvalue weighted by Crippen LogP contribution is -2.35. The molecule has 0 fully saturated rings. The highest BCUT2D eigenvalue weighted by atomic mass is 79.9. The van der Waals surface area contributed by atoms with Crippen LogP contribution in [-0.4, -0.2) is 33.2 Å². The van der Waals surface area contributed by atoms with Crippen molar-refractivity contribution in [2.45, 2.75) is 19.4 Å². The van der Waals surface area contributed by atoms with Gasteiger partial charge in [0.25, 0.3) is 5.91 Å². The zero-order chi connectivity index (χ0) is 18.9. The number of nitrogens with zero attached hydrogens (tertiary/aromatic N) is 1. The van der Waals surface area contributed by atoms with Gasteiger partial charge in [-0.05, 0) is 48.9 Å². The summed E-state index contributed by atoms with van der Waals surface area (Å²) in [6.07, 6.45) is 0.622. The largest absolute Gasteiger partial charge is 0.478 e. The van der Waals surface area contributed by atoms with Crippen LogP contribution in [0.3, 0.4) is 0 Å². The highest BCUT2D eigenvalue weighted by Gasteiger charge is 2.31. The lowest BCUT2D eigenvalue weighted by Gasteiger charge is -2.21. The summed E-state index contributed by atoms with van der Waals surface area (Å²) in [5.74, 6) is 0.0729. The summed E-state index contributed by atoms with van der Waals surface area (Å²) in [5.41, 5.74) is 2.03. The Morgan fingerprint density at radius 2 is 1.92 bits per heavy atom. The predicted molar refractivity (Wildman–Crippen MR) is 105 cm³/mol. The van der Waals surface area contributed by atoms with Gasteiger partial charge in [-0.3, -0.25) is 9.10 Å². The maximum atomic E-state index is 12.6. The van der Waals surface area contributed by atoms with Crippen LogP contribution in [0.25, 0.3) is 0 Å². The number of carbonyl (C=O) groups is 1. The SMILES string of the molecule is Cc1ccc2c(c1)N(S(C)(=O)=O)CC[C@@H](C(=O)Nc1ccc(Br)cc1)O2. The van der Waals surface area contributed by atoms with Crippen molar-refractivity contribution >= 4 is 43.2 Å². The quantitative estimate of drug-likeness (QED) is 0.797. The summed E-state index contributed by atoms with van der Waals surface area (Å²) >= 11 is 3.35. The van der Waals surface area contributed by atoms with E-state index in [9.17, 15) is 13.2 Å². The van der Waals surface area contributed by atoms with Crippen molar-refractivity contribution in [1.29, 1.82) is 0 Å². The number of hydrogen-bond acceptors (Lipinski definition) is 4. The fourth-order valence-electron chi connectivity index (χ4n) is 2.77. The van der Waals surface area contributed by atoms with Gasteiger partial charge in [-0.1, -0.05) is 22.0 Å². The molecule has 6 nitrogen and oxygen atoms in total. The Balaban J connectivity index is 1.86. The van der Waals surface area contributed by atoms with Gasteiger partial charge >= 0.3 is 0 Å². The van der Waals surface area contributed by atoms with Crippen molar-refractivity contribution < 1.29 is 17.9 Å². The molecule has 1 N–H and O–H groups in total. The lowest BCUT2D eigenvalue weighted by atomic mass is 10.2. The molecule has 8 heteroatoms. The maximum Gasteiger partial charge on any atom is 0.265 e. The zero-order valence-electron chi connectivity index (χ0n) is 14.4. The Hall–Kier alpha value is -2.06. The molecule has 0 radical (unpaired) electrons. The number of benzene rings is 2. The Morgan fingerprint density at radius 3 is 2.58 bits per heavy atom. The molecule has 2 aromatic carbocycles. The van der Waals surface area contributed by atoms with E-state index >= 15 is 0 Å². The number of rotatable bonds is 3. The van der Waals surface area contributed by atoms with Crippen LogP contribution in [0.4, 0.5) is 11.4 Å². The van der Waals surface area contributed by atoms with Crippen molar-refractivity contribution in [3.05, 3.63) is 52.5 Å². The van der Waals surface area contributed by atoms with Crippen LogP contribution in [0, 0.1) is 6.92 Å². The van der Waals surface area contributed by atoms with Gasteiger partial charge in [0, 0.05) is 23.1 Å². The molecule has 3 rings (SSSR count). The minimum atomic E-state index is -3.48. The number of aryl methyl sites for hydroxylation is 1. The molecule has 0 aromatic heterocycles. The highest BCUT2D eigenvalue weighted by molar-refractivity contribution is 9.10. The molecule has 138 valence electrons. The molecule has 1 amide bonds. The Bertz CT molecular complexity index is 929. The van der Waals surface area contributed by atoms with Crippen molar-refractivity contribution in [1.82, 2.24) is 0 Å². The molecule has 1 aliphatic rings. The van der Waals surface area contributed by atoms with E-state index in [1.807, 2.05) is 25.1 Å². The summed E-state index contributed by atoms with van der Waals surface area (Å²) < 4.78 is 32.4. The first-order valence-corrected chi connectivity index (χ1v) is 10.7. The zero-order valence-corrected chi connectivity index (χ0v) is 16.8. The fraction of sp³-hybridized carbons (Fsp3) is 0.278. The van der Waals surface area contributed by atoms with Gasteiger partial charge in [0.15, 0.2) is 6.10 Å². The summed E-state index contributed by atoms with van der Waals surface area (Å²) in [6, 6.07) is 12.5. The number of nitrogens with one attached hydrogen (secondary N) is 1. The molecule has 0 unspecified atom stereocenters. The summed E-state index contributed by atoms with van der Waals surface area (Å²) in [4.78, 5) is 12.6. The first-order valence-electron chi connectivity index (χ1n) is 8.05. The van der Waals surface area contributed by atoms with Crippen LogP contribution in [0.2, 0.25) is 0 Å². The first kappa shape index (κ1) is 18.7. The average Bonchev–Trinajstić information content (AvgIpc) is 2.76. The molecule has 1 aliphatic heterocycles. The number of ether oxygens (including phenoxy) is 1. The normalized spacial score (nSPS) is 17.0. The average molecular weight is 439 g/mol. The number of halogens is 1. The third-order valence-electron chi connectivity index (χ3n) is 4.05. The Labute approximate surface area is 161 Å². The summed E-state index contributed by atoms with van der Waals surface area (Å²) in [6.45, 7) is 2.05. The molecule has 26 heavy (non-hydrogen) atoms. The van der Waals surface area contributed by atoms with Crippen molar-refractivity contribution in [3.8, 4) is 5.75 Å². The topological polar surface area (TPSA) is 75.7 Å². The molecule has 0 aliphatic carbocycles. The van der Waals surface area contributed by atoms with Gasteiger partial charge in [-0.15, -0.1) is 0 Å². The van der Waals surface area contributed by atoms with Gasteiger partial charge in [0.2, 0.25) is 10.0 Å². The van der Waals surface area contributed by atoms with Gasteiger partial charge in [0.05, 0.1) is 11.9 Å². The van der Waals surface area contributed by atoms with Crippen LogP contribution in [0.15, 0.2) is 46.9 Å². The van der Waals surface area contributed by atoms with Gasteiger partial charge in [0.1, 0.15) is 5.75 Å². The maximum absolute atomic E-state index is 12.6. The van der Waals surface area contributed by atoms with Gasteiger partial charge < -0.3 is 10.1 Å². The predicted octanol–water partition coefficient (Wildman–Crippen LogP) is 3.31. The Kier molecular flexibility index (Phi) is 5.24. The van der Waals surface area contributed by atoms with E-state index in [0.29, 0.717) is 17.1 Å². The van der Waals surface area contributed by atoms with Crippen LogP contribution >= 0.6 is 15.9 Å². The molecule has 2 aromatic rings. The first-order chi connectivity index (χ1) is 12.2. The lowest BCUT2D eigenvalue weighted by molar-refractivity contribution is -0.122. The molecular formula is C18H19BrN2O4S. The molecular weight excluding hydrogens is 420 g/mol. The number of anilines is 2. The smallest absolute Gasteiger partial charge is 0.265 e. The van der Waals surface area contributed by atoms with Crippen molar-refractivity contribution in [2.75, 3.05) is 22.4 Å². The van der Waals surface area contributed by atoms with Crippen LogP contribution in [0.5, 0.6) is 5.75 Å². The number of fused-ring (bicyclic) bond motifs is 1.